The Hall–Kier alpha value is -1.24. The zero-order chi connectivity index (χ0) is 12.1. The van der Waals surface area contributed by atoms with E-state index in [0.717, 1.165) is 11.5 Å². The zero-order valence-electron chi connectivity index (χ0n) is 10.3. The lowest BCUT2D eigenvalue weighted by atomic mass is 10.3. The summed E-state index contributed by atoms with van der Waals surface area (Å²) in [5.74, 6) is 1.80. The summed E-state index contributed by atoms with van der Waals surface area (Å²) in [4.78, 5) is 0. The molecule has 0 aliphatic heterocycles. The van der Waals surface area contributed by atoms with E-state index in [4.69, 9.17) is 9.47 Å². The first kappa shape index (κ1) is 14.8. The van der Waals surface area contributed by atoms with Crippen molar-refractivity contribution < 1.29 is 9.47 Å². The molecular weight excluding hydrogens is 267 g/mol. The first-order chi connectivity index (χ1) is 8.31. The quantitative estimate of drug-likeness (QED) is 0.803. The topological polar surface area (TPSA) is 18.5 Å². The molecule has 0 saturated carbocycles. The van der Waals surface area contributed by atoms with Crippen molar-refractivity contribution in [3.8, 4) is 11.5 Å². The summed E-state index contributed by atoms with van der Waals surface area (Å²) in [6.07, 6.45) is 0. The molecule has 0 aromatic heterocycles. The largest absolute Gasteiger partial charge is 0.497 e. The second-order valence-electron chi connectivity index (χ2n) is 3.59. The number of benzene rings is 2. The van der Waals surface area contributed by atoms with Gasteiger partial charge < -0.3 is 9.47 Å². The van der Waals surface area contributed by atoms with Crippen LogP contribution in [0.5, 0.6) is 11.5 Å². The Morgan fingerprint density at radius 3 is 1.61 bits per heavy atom. The molecule has 0 aliphatic carbocycles. The molecule has 96 valence electrons. The third-order valence-corrected chi connectivity index (χ3v) is 3.63. The lowest BCUT2D eigenvalue weighted by Crippen LogP contribution is -2.03. The average molecular weight is 283 g/mol. The van der Waals surface area contributed by atoms with E-state index in [1.165, 1.54) is 10.6 Å². The molecule has 0 unspecified atom stereocenters. The Labute approximate surface area is 116 Å². The Kier molecular flexibility index (Phi) is 5.97. The summed E-state index contributed by atoms with van der Waals surface area (Å²) >= 11 is 0. The van der Waals surface area contributed by atoms with Gasteiger partial charge in [-0.1, -0.05) is 32.8 Å². The molecule has 2 aromatic rings. The van der Waals surface area contributed by atoms with Crippen molar-refractivity contribution in [1.29, 1.82) is 0 Å². The van der Waals surface area contributed by atoms with Crippen LogP contribution in [0.1, 0.15) is 0 Å². The molecule has 0 amide bonds. The molecule has 0 N–H and O–H groups in total. The second-order valence-corrected chi connectivity index (χ2v) is 4.99. The van der Waals surface area contributed by atoms with E-state index in [1.807, 2.05) is 24.3 Å². The molecule has 0 bridgehead atoms. The van der Waals surface area contributed by atoms with Crippen LogP contribution in [0, 0.1) is 0 Å². The van der Waals surface area contributed by atoms with E-state index < -0.39 is 0 Å². The molecule has 0 heterocycles. The lowest BCUT2D eigenvalue weighted by molar-refractivity contribution is 0.415. The van der Waals surface area contributed by atoms with Crippen LogP contribution in [0.2, 0.25) is 0 Å². The molecular formula is C14H16ClO2P. The first-order valence-corrected chi connectivity index (χ1v) is 6.37. The van der Waals surface area contributed by atoms with Gasteiger partial charge in [-0.05, 0) is 34.9 Å². The van der Waals surface area contributed by atoms with Gasteiger partial charge in [-0.15, -0.1) is 12.4 Å². The standard InChI is InChI=1S/C14H15O2P.ClH/c1-15-11-5-3-7-13(9-11)17-14-8-4-6-12(10-14)16-2;/h3-10,17H,1-2H3;1H. The minimum absolute atomic E-state index is 0. The molecule has 18 heavy (non-hydrogen) atoms. The molecule has 2 rings (SSSR count). The van der Waals surface area contributed by atoms with Crippen LogP contribution >= 0.6 is 21.0 Å². The smallest absolute Gasteiger partial charge is 0.119 e. The second kappa shape index (κ2) is 7.25. The molecule has 4 heteroatoms. The summed E-state index contributed by atoms with van der Waals surface area (Å²) in [5.41, 5.74) is 0. The van der Waals surface area contributed by atoms with Gasteiger partial charge in [0.25, 0.3) is 0 Å². The molecule has 0 aliphatic rings. The third kappa shape index (κ3) is 3.90. The first-order valence-electron chi connectivity index (χ1n) is 5.37. The highest BCUT2D eigenvalue weighted by molar-refractivity contribution is 7.55. The Bertz CT molecular complexity index is 457. The van der Waals surface area contributed by atoms with Crippen LogP contribution in [0.25, 0.3) is 0 Å². The van der Waals surface area contributed by atoms with E-state index in [0.29, 0.717) is 8.58 Å². The van der Waals surface area contributed by atoms with Gasteiger partial charge in [-0.3, -0.25) is 0 Å². The van der Waals surface area contributed by atoms with E-state index in [-0.39, 0.29) is 12.4 Å². The van der Waals surface area contributed by atoms with Crippen molar-refractivity contribution in [3.63, 3.8) is 0 Å². The van der Waals surface area contributed by atoms with Crippen molar-refractivity contribution in [2.24, 2.45) is 0 Å². The number of ether oxygens (including phenoxy) is 2. The van der Waals surface area contributed by atoms with E-state index in [2.05, 4.69) is 24.3 Å². The molecule has 2 nitrogen and oxygen atoms in total. The minimum atomic E-state index is 0. The van der Waals surface area contributed by atoms with E-state index in [1.54, 1.807) is 14.2 Å². The van der Waals surface area contributed by atoms with Crippen molar-refractivity contribution >= 4 is 31.6 Å². The Balaban J connectivity index is 0.00000162. The molecule has 0 radical (unpaired) electrons. The number of hydrogen-bond acceptors (Lipinski definition) is 2. The number of rotatable bonds is 4. The molecule has 2 aromatic carbocycles. The maximum atomic E-state index is 5.22. The maximum absolute atomic E-state index is 5.22. The van der Waals surface area contributed by atoms with Crippen LogP contribution in [0.15, 0.2) is 48.5 Å². The lowest BCUT2D eigenvalue weighted by Gasteiger charge is -2.06. The highest BCUT2D eigenvalue weighted by atomic mass is 35.5. The van der Waals surface area contributed by atoms with Gasteiger partial charge in [-0.25, -0.2) is 0 Å². The van der Waals surface area contributed by atoms with Crippen molar-refractivity contribution in [2.75, 3.05) is 14.2 Å². The highest BCUT2D eigenvalue weighted by Crippen LogP contribution is 2.17. The van der Waals surface area contributed by atoms with Crippen LogP contribution < -0.4 is 20.1 Å². The monoisotopic (exact) mass is 282 g/mol. The van der Waals surface area contributed by atoms with E-state index >= 15 is 0 Å². The Morgan fingerprint density at radius 1 is 0.778 bits per heavy atom. The van der Waals surface area contributed by atoms with Crippen LogP contribution in [-0.2, 0) is 0 Å². The maximum Gasteiger partial charge on any atom is 0.119 e. The van der Waals surface area contributed by atoms with Crippen molar-refractivity contribution in [2.45, 2.75) is 0 Å². The van der Waals surface area contributed by atoms with E-state index in [9.17, 15) is 0 Å². The fraction of sp³-hybridized carbons (Fsp3) is 0.143. The number of hydrogen-bond donors (Lipinski definition) is 0. The van der Waals surface area contributed by atoms with Gasteiger partial charge in [-0.2, -0.15) is 0 Å². The third-order valence-electron chi connectivity index (χ3n) is 2.43. The predicted molar refractivity (Wildman–Crippen MR) is 80.8 cm³/mol. The Morgan fingerprint density at radius 2 is 1.22 bits per heavy atom. The molecule has 0 saturated heterocycles. The average Bonchev–Trinajstić information content (AvgIpc) is 2.39. The zero-order valence-corrected chi connectivity index (χ0v) is 12.2. The van der Waals surface area contributed by atoms with Crippen LogP contribution in [0.3, 0.4) is 0 Å². The molecule has 0 fully saturated rings. The normalized spacial score (nSPS) is 9.44. The van der Waals surface area contributed by atoms with Crippen LogP contribution in [-0.4, -0.2) is 14.2 Å². The minimum Gasteiger partial charge on any atom is -0.497 e. The van der Waals surface area contributed by atoms with Crippen LogP contribution in [0.4, 0.5) is 0 Å². The van der Waals surface area contributed by atoms with Gasteiger partial charge in [0.2, 0.25) is 0 Å². The SMILES string of the molecule is COc1cccc(Pc2cccc(OC)c2)c1.Cl. The van der Waals surface area contributed by atoms with Gasteiger partial charge in [0, 0.05) is 0 Å². The summed E-state index contributed by atoms with van der Waals surface area (Å²) in [6, 6.07) is 16.3. The predicted octanol–water partition coefficient (Wildman–Crippen LogP) is 2.75. The molecule has 0 atom stereocenters. The fourth-order valence-electron chi connectivity index (χ4n) is 1.57. The van der Waals surface area contributed by atoms with Gasteiger partial charge in [0.1, 0.15) is 11.5 Å². The fourth-order valence-corrected chi connectivity index (χ4v) is 2.69. The summed E-state index contributed by atoms with van der Waals surface area (Å²) in [5, 5.41) is 2.52. The van der Waals surface area contributed by atoms with Crippen molar-refractivity contribution in [3.05, 3.63) is 48.5 Å². The van der Waals surface area contributed by atoms with Crippen molar-refractivity contribution in [1.82, 2.24) is 0 Å². The summed E-state index contributed by atoms with van der Waals surface area (Å²) in [6.45, 7) is 0. The van der Waals surface area contributed by atoms with Gasteiger partial charge >= 0.3 is 0 Å². The summed E-state index contributed by atoms with van der Waals surface area (Å²) < 4.78 is 10.4. The number of halogens is 1. The van der Waals surface area contributed by atoms with Gasteiger partial charge in [0.05, 0.1) is 14.2 Å². The number of methoxy groups -OCH3 is 2. The van der Waals surface area contributed by atoms with Gasteiger partial charge in [0.15, 0.2) is 0 Å². The highest BCUT2D eigenvalue weighted by Gasteiger charge is 1.99. The summed E-state index contributed by atoms with van der Waals surface area (Å²) in [7, 11) is 3.99. The molecule has 0 spiro atoms.